The third-order valence-corrected chi connectivity index (χ3v) is 6.99. The van der Waals surface area contributed by atoms with Gasteiger partial charge < -0.3 is 5.32 Å². The van der Waals surface area contributed by atoms with Gasteiger partial charge in [-0.3, -0.25) is 9.69 Å². The summed E-state index contributed by atoms with van der Waals surface area (Å²) in [5, 5.41) is 3.12. The fourth-order valence-corrected chi connectivity index (χ4v) is 5.04. The summed E-state index contributed by atoms with van der Waals surface area (Å²) >= 11 is 1.59. The molecule has 0 aromatic heterocycles. The highest BCUT2D eigenvalue weighted by molar-refractivity contribution is 7.98. The standard InChI is InChI=1S/C27H29FN2OS/c1-32-26-9-5-4-8-25(26)27(31)29-18-22-6-2-3-7-24(22)21-14-16-30(17-15-21)19-20-10-12-23(28)13-11-20/h2-13,21H,14-19H2,1H3,(H,29,31). The molecule has 0 saturated carbocycles. The van der Waals surface area contributed by atoms with Crippen LogP contribution in [0.3, 0.4) is 0 Å². The summed E-state index contributed by atoms with van der Waals surface area (Å²) in [7, 11) is 0. The number of hydrogen-bond acceptors (Lipinski definition) is 3. The van der Waals surface area contributed by atoms with Gasteiger partial charge in [0.1, 0.15) is 5.82 Å². The highest BCUT2D eigenvalue weighted by atomic mass is 32.2. The zero-order valence-electron chi connectivity index (χ0n) is 18.4. The normalized spacial score (nSPS) is 14.9. The average molecular weight is 449 g/mol. The lowest BCUT2D eigenvalue weighted by molar-refractivity contribution is 0.0948. The van der Waals surface area contributed by atoms with E-state index in [4.69, 9.17) is 0 Å². The van der Waals surface area contributed by atoms with Gasteiger partial charge in [0, 0.05) is 18.0 Å². The number of nitrogens with one attached hydrogen (secondary N) is 1. The first-order valence-electron chi connectivity index (χ1n) is 11.1. The topological polar surface area (TPSA) is 32.3 Å². The van der Waals surface area contributed by atoms with E-state index >= 15 is 0 Å². The van der Waals surface area contributed by atoms with Gasteiger partial charge in [-0.05, 0) is 79.1 Å². The van der Waals surface area contributed by atoms with Crippen LogP contribution in [0.1, 0.15) is 45.8 Å². The molecule has 0 atom stereocenters. The predicted molar refractivity (Wildman–Crippen MR) is 129 cm³/mol. The van der Waals surface area contributed by atoms with Crippen molar-refractivity contribution in [2.45, 2.75) is 36.7 Å². The fraction of sp³-hybridized carbons (Fsp3) is 0.296. The van der Waals surface area contributed by atoms with E-state index in [1.165, 1.54) is 23.3 Å². The second-order valence-corrected chi connectivity index (χ2v) is 9.11. The first-order chi connectivity index (χ1) is 15.6. The molecule has 1 aliphatic heterocycles. The number of thioether (sulfide) groups is 1. The minimum atomic E-state index is -0.187. The molecule has 166 valence electrons. The van der Waals surface area contributed by atoms with Crippen molar-refractivity contribution in [3.8, 4) is 0 Å². The monoisotopic (exact) mass is 448 g/mol. The summed E-state index contributed by atoms with van der Waals surface area (Å²) in [4.78, 5) is 16.2. The molecule has 5 heteroatoms. The highest BCUT2D eigenvalue weighted by Crippen LogP contribution is 2.31. The summed E-state index contributed by atoms with van der Waals surface area (Å²) in [6.45, 7) is 3.43. The Bertz CT molecular complexity index is 1050. The van der Waals surface area contributed by atoms with Crippen molar-refractivity contribution in [2.24, 2.45) is 0 Å². The zero-order chi connectivity index (χ0) is 22.3. The van der Waals surface area contributed by atoms with Gasteiger partial charge in [0.15, 0.2) is 0 Å². The van der Waals surface area contributed by atoms with Gasteiger partial charge in [0.25, 0.3) is 5.91 Å². The van der Waals surface area contributed by atoms with E-state index in [9.17, 15) is 9.18 Å². The molecule has 32 heavy (non-hydrogen) atoms. The van der Waals surface area contributed by atoms with E-state index in [-0.39, 0.29) is 11.7 Å². The van der Waals surface area contributed by atoms with E-state index in [1.807, 2.05) is 48.7 Å². The Morgan fingerprint density at radius 2 is 1.69 bits per heavy atom. The van der Waals surface area contributed by atoms with Crippen LogP contribution in [-0.2, 0) is 13.1 Å². The molecule has 1 saturated heterocycles. The molecule has 4 rings (SSSR count). The Labute approximate surface area is 194 Å². The number of hydrogen-bond donors (Lipinski definition) is 1. The maximum absolute atomic E-state index is 13.1. The molecule has 1 N–H and O–H groups in total. The first-order valence-corrected chi connectivity index (χ1v) is 12.3. The molecule has 0 radical (unpaired) electrons. The molecule has 0 aliphatic carbocycles. The summed E-state index contributed by atoms with van der Waals surface area (Å²) in [6.07, 6.45) is 4.16. The SMILES string of the molecule is CSc1ccccc1C(=O)NCc1ccccc1C1CCN(Cc2ccc(F)cc2)CC1. The van der Waals surface area contributed by atoms with Crippen LogP contribution >= 0.6 is 11.8 Å². The zero-order valence-corrected chi connectivity index (χ0v) is 19.2. The lowest BCUT2D eigenvalue weighted by Crippen LogP contribution is -2.33. The van der Waals surface area contributed by atoms with Crippen molar-refractivity contribution >= 4 is 17.7 Å². The molecule has 1 aliphatic rings. The number of amides is 1. The highest BCUT2D eigenvalue weighted by Gasteiger charge is 2.22. The van der Waals surface area contributed by atoms with Gasteiger partial charge in [0.2, 0.25) is 0 Å². The van der Waals surface area contributed by atoms with E-state index < -0.39 is 0 Å². The van der Waals surface area contributed by atoms with Crippen molar-refractivity contribution in [3.05, 3.63) is 101 Å². The molecule has 0 bridgehead atoms. The number of benzene rings is 3. The van der Waals surface area contributed by atoms with Crippen molar-refractivity contribution in [1.82, 2.24) is 10.2 Å². The van der Waals surface area contributed by atoms with Gasteiger partial charge >= 0.3 is 0 Å². The van der Waals surface area contributed by atoms with Gasteiger partial charge in [-0.1, -0.05) is 48.5 Å². The molecule has 3 aromatic carbocycles. The number of halogens is 1. The number of likely N-dealkylation sites (tertiary alicyclic amines) is 1. The van der Waals surface area contributed by atoms with Crippen molar-refractivity contribution < 1.29 is 9.18 Å². The van der Waals surface area contributed by atoms with E-state index in [1.54, 1.807) is 11.8 Å². The lowest BCUT2D eigenvalue weighted by atomic mass is 9.86. The molecule has 1 heterocycles. The van der Waals surface area contributed by atoms with Gasteiger partial charge in [-0.25, -0.2) is 4.39 Å². The number of rotatable bonds is 7. The maximum Gasteiger partial charge on any atom is 0.252 e. The minimum absolute atomic E-state index is 0.0288. The van der Waals surface area contributed by atoms with E-state index in [2.05, 4.69) is 28.4 Å². The molecule has 3 aromatic rings. The smallest absolute Gasteiger partial charge is 0.252 e. The van der Waals surface area contributed by atoms with Crippen LogP contribution in [0.25, 0.3) is 0 Å². The number of carbonyl (C=O) groups excluding carboxylic acids is 1. The second kappa shape index (κ2) is 10.8. The third-order valence-electron chi connectivity index (χ3n) is 6.19. The van der Waals surface area contributed by atoms with Crippen LogP contribution in [0.2, 0.25) is 0 Å². The van der Waals surface area contributed by atoms with Crippen molar-refractivity contribution in [3.63, 3.8) is 0 Å². The molecular weight excluding hydrogens is 419 g/mol. The van der Waals surface area contributed by atoms with E-state index in [0.717, 1.165) is 48.5 Å². The number of carbonyl (C=O) groups is 1. The van der Waals surface area contributed by atoms with Crippen LogP contribution < -0.4 is 5.32 Å². The summed E-state index contributed by atoms with van der Waals surface area (Å²) in [5.41, 5.74) is 4.41. The first kappa shape index (κ1) is 22.6. The Kier molecular flexibility index (Phi) is 7.61. The average Bonchev–Trinajstić information content (AvgIpc) is 2.84. The molecule has 0 unspecified atom stereocenters. The van der Waals surface area contributed by atoms with Crippen LogP contribution in [0.5, 0.6) is 0 Å². The van der Waals surface area contributed by atoms with Crippen LogP contribution in [0.4, 0.5) is 4.39 Å². The predicted octanol–water partition coefficient (Wildman–Crippen LogP) is 5.86. The quantitative estimate of drug-likeness (QED) is 0.460. The van der Waals surface area contributed by atoms with Crippen LogP contribution in [-0.4, -0.2) is 30.2 Å². The van der Waals surface area contributed by atoms with Crippen molar-refractivity contribution in [2.75, 3.05) is 19.3 Å². The van der Waals surface area contributed by atoms with Gasteiger partial charge in [-0.15, -0.1) is 11.8 Å². The molecule has 1 fully saturated rings. The summed E-state index contributed by atoms with van der Waals surface area (Å²) in [6, 6.07) is 23.0. The molecular formula is C27H29FN2OS. The number of piperidine rings is 1. The maximum atomic E-state index is 13.1. The Morgan fingerprint density at radius 3 is 2.44 bits per heavy atom. The molecule has 0 spiro atoms. The molecule has 1 amide bonds. The van der Waals surface area contributed by atoms with Gasteiger partial charge in [-0.2, -0.15) is 0 Å². The molecule has 3 nitrogen and oxygen atoms in total. The van der Waals surface area contributed by atoms with Gasteiger partial charge in [0.05, 0.1) is 5.56 Å². The van der Waals surface area contributed by atoms with Crippen LogP contribution in [0, 0.1) is 5.82 Å². The third kappa shape index (κ3) is 5.59. The minimum Gasteiger partial charge on any atom is -0.348 e. The largest absolute Gasteiger partial charge is 0.348 e. The Hall–Kier alpha value is -2.63. The number of nitrogens with zero attached hydrogens (tertiary/aromatic N) is 1. The Morgan fingerprint density at radius 1 is 1.00 bits per heavy atom. The van der Waals surface area contributed by atoms with Crippen LogP contribution in [0.15, 0.2) is 77.7 Å². The second-order valence-electron chi connectivity index (χ2n) is 8.26. The fourth-order valence-electron chi connectivity index (χ4n) is 4.45. The Balaban J connectivity index is 1.36. The summed E-state index contributed by atoms with van der Waals surface area (Å²) in [5.74, 6) is 0.276. The lowest BCUT2D eigenvalue weighted by Gasteiger charge is -2.33. The van der Waals surface area contributed by atoms with E-state index in [0.29, 0.717) is 12.5 Å². The van der Waals surface area contributed by atoms with Crippen molar-refractivity contribution in [1.29, 1.82) is 0 Å². The summed E-state index contributed by atoms with van der Waals surface area (Å²) < 4.78 is 13.1.